The average Bonchev–Trinajstić information content (AvgIpc) is 2.83. The predicted octanol–water partition coefficient (Wildman–Crippen LogP) is 5.59. The monoisotopic (exact) mass is 526 g/mol. The number of ether oxygens (including phenoxy) is 1. The molecule has 0 saturated carbocycles. The van der Waals surface area contributed by atoms with Crippen LogP contribution in [0.25, 0.3) is 0 Å². The van der Waals surface area contributed by atoms with E-state index in [1.54, 1.807) is 43.3 Å². The third kappa shape index (κ3) is 6.78. The minimum absolute atomic E-state index is 0.0568. The Balaban J connectivity index is 1.91. The molecule has 3 aromatic rings. The van der Waals surface area contributed by atoms with Crippen LogP contribution in [0.2, 0.25) is 5.02 Å². The van der Waals surface area contributed by atoms with E-state index in [0.29, 0.717) is 30.0 Å². The zero-order valence-electron chi connectivity index (χ0n) is 20.0. The maximum absolute atomic E-state index is 13.7. The molecular weight excluding hydrogens is 500 g/mol. The summed E-state index contributed by atoms with van der Waals surface area (Å²) in [6.07, 6.45) is 0.531. The number of nitriles is 1. The zero-order valence-corrected chi connectivity index (χ0v) is 21.6. The summed E-state index contributed by atoms with van der Waals surface area (Å²) in [5, 5.41) is 18.2. The number of rotatable bonds is 11. The number of carbonyl (C=O) groups is 1. The smallest absolute Gasteiger partial charge is 0.303 e. The van der Waals surface area contributed by atoms with Crippen molar-refractivity contribution in [2.24, 2.45) is 0 Å². The lowest BCUT2D eigenvalue weighted by atomic mass is 10.1. The molecule has 0 aromatic heterocycles. The third-order valence-corrected chi connectivity index (χ3v) is 8.02. The molecule has 0 aliphatic heterocycles. The van der Waals surface area contributed by atoms with Gasteiger partial charge in [0, 0.05) is 24.9 Å². The molecule has 3 rings (SSSR count). The molecule has 1 atom stereocenters. The summed E-state index contributed by atoms with van der Waals surface area (Å²) in [4.78, 5) is 11.1. The van der Waals surface area contributed by atoms with Crippen molar-refractivity contribution < 1.29 is 23.1 Å². The number of benzene rings is 3. The zero-order chi connectivity index (χ0) is 26.3. The number of carboxylic acid groups (broad SMARTS) is 1. The van der Waals surface area contributed by atoms with Crippen molar-refractivity contribution in [3.05, 3.63) is 88.4 Å². The highest BCUT2D eigenvalue weighted by molar-refractivity contribution is 7.93. The summed E-state index contributed by atoms with van der Waals surface area (Å²) < 4.78 is 34.7. The van der Waals surface area contributed by atoms with Crippen molar-refractivity contribution in [3.63, 3.8) is 0 Å². The van der Waals surface area contributed by atoms with Crippen LogP contribution in [-0.2, 0) is 21.2 Å². The summed E-state index contributed by atoms with van der Waals surface area (Å²) in [5.74, 6) is -0.517. The molecule has 0 amide bonds. The van der Waals surface area contributed by atoms with Crippen LogP contribution in [0, 0.1) is 18.3 Å². The Labute approximate surface area is 216 Å². The van der Waals surface area contributed by atoms with Gasteiger partial charge in [-0.2, -0.15) is 5.26 Å². The molecule has 3 aromatic carbocycles. The Kier molecular flexibility index (Phi) is 8.97. The second-order valence-electron chi connectivity index (χ2n) is 8.42. The molecule has 188 valence electrons. The van der Waals surface area contributed by atoms with Gasteiger partial charge in [0.2, 0.25) is 0 Å². The van der Waals surface area contributed by atoms with E-state index in [0.717, 1.165) is 11.1 Å². The number of aryl methyl sites for hydroxylation is 1. The van der Waals surface area contributed by atoms with E-state index in [2.05, 4.69) is 6.07 Å². The van der Waals surface area contributed by atoms with Gasteiger partial charge in [0.15, 0.2) is 0 Å². The molecule has 0 aliphatic rings. The second kappa shape index (κ2) is 11.9. The molecule has 36 heavy (non-hydrogen) atoms. The molecule has 0 spiro atoms. The number of nitrogens with zero attached hydrogens (tertiary/aromatic N) is 2. The number of halogens is 1. The topological polar surface area (TPSA) is 108 Å². The van der Waals surface area contributed by atoms with Gasteiger partial charge in [0.05, 0.1) is 28.9 Å². The fourth-order valence-electron chi connectivity index (χ4n) is 3.81. The Morgan fingerprint density at radius 3 is 2.47 bits per heavy atom. The van der Waals surface area contributed by atoms with E-state index in [-0.39, 0.29) is 22.8 Å². The first-order valence-electron chi connectivity index (χ1n) is 11.4. The molecule has 0 saturated heterocycles. The molecule has 1 unspecified atom stereocenters. The highest BCUT2D eigenvalue weighted by atomic mass is 35.5. The minimum Gasteiger partial charge on any atom is -0.493 e. The molecule has 0 radical (unpaired) electrons. The number of hydrogen-bond acceptors (Lipinski definition) is 5. The van der Waals surface area contributed by atoms with Crippen LogP contribution in [0.15, 0.2) is 71.6 Å². The number of anilines is 1. The SMILES string of the molecule is Cc1cc(OCCc2ccc(C#N)cc2)cc(N(C(C)CCC(=O)O)S(=O)(=O)c2ccccc2Cl)c1. The first-order chi connectivity index (χ1) is 17.1. The van der Waals surface area contributed by atoms with E-state index in [4.69, 9.17) is 26.7 Å². The molecule has 1 N–H and O–H groups in total. The highest BCUT2D eigenvalue weighted by Crippen LogP contribution is 2.34. The molecule has 0 heterocycles. The number of aliphatic carboxylic acids is 1. The molecule has 7 nitrogen and oxygen atoms in total. The summed E-state index contributed by atoms with van der Waals surface area (Å²) in [7, 11) is -4.11. The van der Waals surface area contributed by atoms with Gasteiger partial charge in [0.25, 0.3) is 10.0 Å². The van der Waals surface area contributed by atoms with Gasteiger partial charge in [0.1, 0.15) is 10.6 Å². The summed E-state index contributed by atoms with van der Waals surface area (Å²) >= 11 is 6.24. The number of sulfonamides is 1. The van der Waals surface area contributed by atoms with E-state index in [9.17, 15) is 13.2 Å². The number of hydrogen-bond donors (Lipinski definition) is 1. The van der Waals surface area contributed by atoms with Crippen LogP contribution in [0.1, 0.15) is 36.5 Å². The molecule has 0 fully saturated rings. The Morgan fingerprint density at radius 1 is 1.14 bits per heavy atom. The lowest BCUT2D eigenvalue weighted by molar-refractivity contribution is -0.137. The quantitative estimate of drug-likeness (QED) is 0.349. The van der Waals surface area contributed by atoms with Gasteiger partial charge in [-0.05, 0) is 67.8 Å². The lowest BCUT2D eigenvalue weighted by Gasteiger charge is -2.31. The average molecular weight is 527 g/mol. The highest BCUT2D eigenvalue weighted by Gasteiger charge is 2.31. The maximum Gasteiger partial charge on any atom is 0.303 e. The largest absolute Gasteiger partial charge is 0.493 e. The molecular formula is C27H27ClN2O5S. The minimum atomic E-state index is -4.11. The first kappa shape index (κ1) is 27.1. The normalized spacial score (nSPS) is 11.9. The van der Waals surface area contributed by atoms with Crippen molar-refractivity contribution in [2.45, 2.75) is 44.0 Å². The van der Waals surface area contributed by atoms with Crippen LogP contribution in [0.5, 0.6) is 5.75 Å². The van der Waals surface area contributed by atoms with Crippen molar-refractivity contribution >= 4 is 33.3 Å². The summed E-state index contributed by atoms with van der Waals surface area (Å²) in [6, 6.07) is 20.0. The summed E-state index contributed by atoms with van der Waals surface area (Å²) in [5.41, 5.74) is 2.73. The van der Waals surface area contributed by atoms with Crippen molar-refractivity contribution in [1.29, 1.82) is 5.26 Å². The van der Waals surface area contributed by atoms with Crippen LogP contribution in [0.4, 0.5) is 5.69 Å². The Hall–Kier alpha value is -3.54. The fraction of sp³-hybridized carbons (Fsp3) is 0.259. The third-order valence-electron chi connectivity index (χ3n) is 5.58. The standard InChI is InChI=1S/C27H27ClN2O5S/c1-19-15-23(17-24(16-19)35-14-13-21-8-10-22(18-29)11-9-21)30(20(2)7-12-27(31)32)36(33,34)26-6-4-3-5-25(26)28/h3-6,8-11,15-17,20H,7,12-14H2,1-2H3,(H,31,32). The van der Waals surface area contributed by atoms with Gasteiger partial charge in [-0.25, -0.2) is 8.42 Å². The van der Waals surface area contributed by atoms with Gasteiger partial charge < -0.3 is 9.84 Å². The van der Waals surface area contributed by atoms with Crippen molar-refractivity contribution in [1.82, 2.24) is 0 Å². The van der Waals surface area contributed by atoms with Crippen molar-refractivity contribution in [2.75, 3.05) is 10.9 Å². The fourth-order valence-corrected chi connectivity index (χ4v) is 5.98. The van der Waals surface area contributed by atoms with Gasteiger partial charge >= 0.3 is 5.97 Å². The molecule has 9 heteroatoms. The van der Waals surface area contributed by atoms with E-state index < -0.39 is 22.0 Å². The molecule has 0 aliphatic carbocycles. The predicted molar refractivity (Wildman–Crippen MR) is 139 cm³/mol. The lowest BCUT2D eigenvalue weighted by Crippen LogP contribution is -2.39. The van der Waals surface area contributed by atoms with E-state index >= 15 is 0 Å². The maximum atomic E-state index is 13.7. The van der Waals surface area contributed by atoms with Crippen LogP contribution < -0.4 is 9.04 Å². The van der Waals surface area contributed by atoms with E-state index in [1.165, 1.54) is 16.4 Å². The summed E-state index contributed by atoms with van der Waals surface area (Å²) in [6.45, 7) is 3.85. The Bertz CT molecular complexity index is 1370. The van der Waals surface area contributed by atoms with Crippen molar-refractivity contribution in [3.8, 4) is 11.8 Å². The second-order valence-corrected chi connectivity index (χ2v) is 10.6. The van der Waals surface area contributed by atoms with Crippen LogP contribution in [0.3, 0.4) is 0 Å². The Morgan fingerprint density at radius 2 is 1.83 bits per heavy atom. The van der Waals surface area contributed by atoms with Gasteiger partial charge in [-0.15, -0.1) is 0 Å². The van der Waals surface area contributed by atoms with E-state index in [1.807, 2.05) is 25.1 Å². The van der Waals surface area contributed by atoms with Gasteiger partial charge in [-0.1, -0.05) is 35.9 Å². The van der Waals surface area contributed by atoms with Crippen LogP contribution >= 0.6 is 11.6 Å². The first-order valence-corrected chi connectivity index (χ1v) is 13.2. The molecule has 0 bridgehead atoms. The van der Waals surface area contributed by atoms with Crippen LogP contribution in [-0.4, -0.2) is 32.1 Å². The number of carboxylic acids is 1. The van der Waals surface area contributed by atoms with Gasteiger partial charge in [-0.3, -0.25) is 9.10 Å².